The van der Waals surface area contributed by atoms with Gasteiger partial charge in [-0.3, -0.25) is 14.5 Å². The maximum atomic E-state index is 13.1. The van der Waals surface area contributed by atoms with E-state index in [1.54, 1.807) is 19.1 Å². The molecule has 8 heteroatoms. The zero-order chi connectivity index (χ0) is 21.5. The van der Waals surface area contributed by atoms with Crippen LogP contribution in [0.1, 0.15) is 42.5 Å². The second-order valence-electron chi connectivity index (χ2n) is 7.78. The van der Waals surface area contributed by atoms with Gasteiger partial charge in [-0.1, -0.05) is 53.5 Å². The summed E-state index contributed by atoms with van der Waals surface area (Å²) in [7, 11) is 0. The standard InChI is InChI=1S/C22H21Cl2N3O3/c1-22(16-10-9-14(23)11-17(16)24)20(29)27(21(30)26-22)12-19(28)25-18-8-4-6-13-5-2-3-7-15(13)18/h2-3,5,7,9-11,18H,4,6,8,12H2,1H3,(H,25,28)(H,26,30). The molecule has 4 rings (SSSR count). The van der Waals surface area contributed by atoms with Crippen LogP contribution in [0.15, 0.2) is 42.5 Å². The van der Waals surface area contributed by atoms with Crippen molar-refractivity contribution in [1.82, 2.24) is 15.5 Å². The number of rotatable bonds is 4. The first-order valence-electron chi connectivity index (χ1n) is 9.76. The van der Waals surface area contributed by atoms with Gasteiger partial charge in [0.15, 0.2) is 0 Å². The van der Waals surface area contributed by atoms with Crippen LogP contribution in [-0.4, -0.2) is 29.3 Å². The van der Waals surface area contributed by atoms with Crippen molar-refractivity contribution < 1.29 is 14.4 Å². The molecule has 0 spiro atoms. The molecule has 1 heterocycles. The summed E-state index contributed by atoms with van der Waals surface area (Å²) in [5.41, 5.74) is 1.37. The number of urea groups is 1. The van der Waals surface area contributed by atoms with Gasteiger partial charge in [0, 0.05) is 15.6 Å². The number of hydrogen-bond acceptors (Lipinski definition) is 3. The summed E-state index contributed by atoms with van der Waals surface area (Å²) in [5.74, 6) is -0.914. The third kappa shape index (κ3) is 3.66. The van der Waals surface area contributed by atoms with Crippen LogP contribution in [0.25, 0.3) is 0 Å². The molecule has 2 unspecified atom stereocenters. The molecule has 1 aliphatic heterocycles. The van der Waals surface area contributed by atoms with Crippen LogP contribution in [0.3, 0.4) is 0 Å². The first-order chi connectivity index (χ1) is 14.3. The first kappa shape index (κ1) is 20.7. The van der Waals surface area contributed by atoms with E-state index < -0.39 is 17.5 Å². The largest absolute Gasteiger partial charge is 0.348 e. The number of benzene rings is 2. The number of imide groups is 1. The van der Waals surface area contributed by atoms with E-state index in [9.17, 15) is 14.4 Å². The number of fused-ring (bicyclic) bond motifs is 1. The van der Waals surface area contributed by atoms with E-state index in [2.05, 4.69) is 16.7 Å². The molecule has 30 heavy (non-hydrogen) atoms. The molecule has 2 aromatic rings. The van der Waals surface area contributed by atoms with Crippen LogP contribution in [0.2, 0.25) is 10.0 Å². The van der Waals surface area contributed by atoms with E-state index in [-0.39, 0.29) is 23.5 Å². The van der Waals surface area contributed by atoms with Gasteiger partial charge in [0.25, 0.3) is 5.91 Å². The minimum atomic E-state index is -1.36. The van der Waals surface area contributed by atoms with E-state index in [1.807, 2.05) is 18.2 Å². The van der Waals surface area contributed by atoms with Crippen molar-refractivity contribution in [2.24, 2.45) is 0 Å². The van der Waals surface area contributed by atoms with E-state index in [0.717, 1.165) is 29.7 Å². The Labute approximate surface area is 184 Å². The minimum Gasteiger partial charge on any atom is -0.348 e. The van der Waals surface area contributed by atoms with Crippen molar-refractivity contribution >= 4 is 41.0 Å². The average molecular weight is 446 g/mol. The highest BCUT2D eigenvalue weighted by Crippen LogP contribution is 2.35. The van der Waals surface area contributed by atoms with Gasteiger partial charge in [0.1, 0.15) is 12.1 Å². The molecule has 2 aliphatic rings. The molecule has 2 N–H and O–H groups in total. The van der Waals surface area contributed by atoms with Gasteiger partial charge in [0.2, 0.25) is 5.91 Å². The lowest BCUT2D eigenvalue weighted by Crippen LogP contribution is -2.44. The molecule has 156 valence electrons. The van der Waals surface area contributed by atoms with Gasteiger partial charge in [-0.2, -0.15) is 0 Å². The van der Waals surface area contributed by atoms with Gasteiger partial charge < -0.3 is 10.6 Å². The summed E-state index contributed by atoms with van der Waals surface area (Å²) in [6.07, 6.45) is 2.77. The van der Waals surface area contributed by atoms with Crippen molar-refractivity contribution in [2.75, 3.05) is 6.54 Å². The fraction of sp³-hybridized carbons (Fsp3) is 0.318. The normalized spacial score (nSPS) is 23.2. The monoisotopic (exact) mass is 445 g/mol. The van der Waals surface area contributed by atoms with Crippen LogP contribution >= 0.6 is 23.2 Å². The molecule has 6 nitrogen and oxygen atoms in total. The van der Waals surface area contributed by atoms with E-state index in [0.29, 0.717) is 10.6 Å². The van der Waals surface area contributed by atoms with E-state index in [1.165, 1.54) is 11.6 Å². The molecule has 2 atom stereocenters. The molecular weight excluding hydrogens is 425 g/mol. The number of carbonyl (C=O) groups excluding carboxylic acids is 3. The summed E-state index contributed by atoms with van der Waals surface area (Å²) >= 11 is 12.2. The topological polar surface area (TPSA) is 78.5 Å². The highest BCUT2D eigenvalue weighted by atomic mass is 35.5. The van der Waals surface area contributed by atoms with Crippen molar-refractivity contribution in [3.8, 4) is 0 Å². The van der Waals surface area contributed by atoms with Crippen LogP contribution in [0.4, 0.5) is 4.79 Å². The lowest BCUT2D eigenvalue weighted by molar-refractivity contribution is -0.135. The molecular formula is C22H21Cl2N3O3. The van der Waals surface area contributed by atoms with Crippen LogP contribution in [0, 0.1) is 0 Å². The van der Waals surface area contributed by atoms with Gasteiger partial charge in [-0.05, 0) is 49.4 Å². The quantitative estimate of drug-likeness (QED) is 0.699. The number of amides is 4. The molecule has 1 fully saturated rings. The molecule has 2 aromatic carbocycles. The Bertz CT molecular complexity index is 1040. The average Bonchev–Trinajstić information content (AvgIpc) is 2.92. The first-order valence-corrected chi connectivity index (χ1v) is 10.5. The Hall–Kier alpha value is -2.57. The molecule has 4 amide bonds. The zero-order valence-corrected chi connectivity index (χ0v) is 17.9. The maximum Gasteiger partial charge on any atom is 0.325 e. The summed E-state index contributed by atoms with van der Waals surface area (Å²) in [4.78, 5) is 39.2. The molecule has 0 bridgehead atoms. The predicted molar refractivity (Wildman–Crippen MR) is 114 cm³/mol. The van der Waals surface area contributed by atoms with Crippen LogP contribution in [0.5, 0.6) is 0 Å². The van der Waals surface area contributed by atoms with Gasteiger partial charge >= 0.3 is 6.03 Å². The van der Waals surface area contributed by atoms with Crippen LogP contribution in [-0.2, 0) is 21.5 Å². The zero-order valence-electron chi connectivity index (χ0n) is 16.4. The second-order valence-corrected chi connectivity index (χ2v) is 8.63. The molecule has 0 saturated carbocycles. The highest BCUT2D eigenvalue weighted by molar-refractivity contribution is 6.35. The number of hydrogen-bond donors (Lipinski definition) is 2. The number of carbonyl (C=O) groups is 3. The van der Waals surface area contributed by atoms with Crippen molar-refractivity contribution in [2.45, 2.75) is 37.8 Å². The molecule has 0 aromatic heterocycles. The molecule has 0 radical (unpaired) electrons. The lowest BCUT2D eigenvalue weighted by atomic mass is 9.88. The maximum absolute atomic E-state index is 13.1. The SMILES string of the molecule is CC1(c2ccc(Cl)cc2Cl)NC(=O)N(CC(=O)NC2CCCc3ccccc32)C1=O. The second kappa shape index (κ2) is 7.93. The fourth-order valence-corrected chi connectivity index (χ4v) is 4.80. The Balaban J connectivity index is 1.49. The Kier molecular flexibility index (Phi) is 5.47. The summed E-state index contributed by atoms with van der Waals surface area (Å²) in [6.45, 7) is 1.21. The Morgan fingerprint density at radius 1 is 1.23 bits per heavy atom. The molecule has 1 saturated heterocycles. The van der Waals surface area contributed by atoms with Crippen molar-refractivity contribution in [1.29, 1.82) is 0 Å². The highest BCUT2D eigenvalue weighted by Gasteiger charge is 2.50. The molecule has 1 aliphatic carbocycles. The third-order valence-corrected chi connectivity index (χ3v) is 6.30. The Morgan fingerprint density at radius 2 is 2.00 bits per heavy atom. The fourth-order valence-electron chi connectivity index (χ4n) is 4.21. The Morgan fingerprint density at radius 3 is 2.77 bits per heavy atom. The minimum absolute atomic E-state index is 0.125. The van der Waals surface area contributed by atoms with Gasteiger partial charge in [-0.25, -0.2) is 4.79 Å². The number of halogens is 2. The van der Waals surface area contributed by atoms with E-state index in [4.69, 9.17) is 23.2 Å². The summed E-state index contributed by atoms with van der Waals surface area (Å²) in [5, 5.41) is 6.33. The van der Waals surface area contributed by atoms with Gasteiger partial charge in [0.05, 0.1) is 6.04 Å². The predicted octanol–water partition coefficient (Wildman–Crippen LogP) is 3.95. The smallest absolute Gasteiger partial charge is 0.325 e. The lowest BCUT2D eigenvalue weighted by Gasteiger charge is -2.27. The third-order valence-electron chi connectivity index (χ3n) is 5.75. The van der Waals surface area contributed by atoms with Crippen molar-refractivity contribution in [3.05, 3.63) is 69.2 Å². The van der Waals surface area contributed by atoms with Crippen LogP contribution < -0.4 is 10.6 Å². The van der Waals surface area contributed by atoms with Gasteiger partial charge in [-0.15, -0.1) is 0 Å². The van der Waals surface area contributed by atoms with Crippen molar-refractivity contribution in [3.63, 3.8) is 0 Å². The summed E-state index contributed by atoms with van der Waals surface area (Å²) in [6, 6.07) is 12.0. The van der Waals surface area contributed by atoms with E-state index >= 15 is 0 Å². The number of nitrogens with zero attached hydrogens (tertiary/aromatic N) is 1. The number of aryl methyl sites for hydroxylation is 1. The number of nitrogens with one attached hydrogen (secondary N) is 2. The summed E-state index contributed by atoms with van der Waals surface area (Å²) < 4.78 is 0.